The summed E-state index contributed by atoms with van der Waals surface area (Å²) in [6.07, 6.45) is 3.41. The zero-order valence-electron chi connectivity index (χ0n) is 18.0. The fourth-order valence-electron chi connectivity index (χ4n) is 3.50. The third-order valence-electron chi connectivity index (χ3n) is 5.17. The summed E-state index contributed by atoms with van der Waals surface area (Å²) in [5.41, 5.74) is 3.27. The van der Waals surface area contributed by atoms with E-state index in [1.807, 2.05) is 73.6 Å². The first kappa shape index (κ1) is 21.1. The van der Waals surface area contributed by atoms with E-state index in [1.54, 1.807) is 30.6 Å². The number of anilines is 2. The molecular weight excluding hydrogens is 400 g/mol. The second-order valence-electron chi connectivity index (χ2n) is 7.69. The van der Waals surface area contributed by atoms with Crippen molar-refractivity contribution < 1.29 is 9.59 Å². The van der Waals surface area contributed by atoms with E-state index in [1.165, 1.54) is 0 Å². The highest BCUT2D eigenvalue weighted by atomic mass is 16.2. The molecule has 160 valence electrons. The van der Waals surface area contributed by atoms with Crippen LogP contribution in [0.1, 0.15) is 26.3 Å². The summed E-state index contributed by atoms with van der Waals surface area (Å²) < 4.78 is 0. The van der Waals surface area contributed by atoms with Gasteiger partial charge in [-0.2, -0.15) is 0 Å². The van der Waals surface area contributed by atoms with Gasteiger partial charge in [-0.15, -0.1) is 0 Å². The number of hydrogen-bond acceptors (Lipinski definition) is 4. The summed E-state index contributed by atoms with van der Waals surface area (Å²) >= 11 is 0. The van der Waals surface area contributed by atoms with Crippen LogP contribution in [-0.2, 0) is 6.54 Å². The van der Waals surface area contributed by atoms with Crippen molar-refractivity contribution >= 4 is 34.0 Å². The van der Waals surface area contributed by atoms with E-state index in [2.05, 4.69) is 15.6 Å². The normalized spacial score (nSPS) is 10.6. The molecule has 2 N–H and O–H groups in total. The molecule has 32 heavy (non-hydrogen) atoms. The van der Waals surface area contributed by atoms with Crippen molar-refractivity contribution in [2.24, 2.45) is 0 Å². The zero-order valence-corrected chi connectivity index (χ0v) is 18.0. The molecule has 0 atom stereocenters. The highest BCUT2D eigenvalue weighted by Crippen LogP contribution is 2.24. The Kier molecular flexibility index (Phi) is 6.12. The molecule has 0 saturated carbocycles. The third-order valence-corrected chi connectivity index (χ3v) is 5.17. The first-order chi connectivity index (χ1) is 15.5. The van der Waals surface area contributed by atoms with Crippen LogP contribution < -0.4 is 15.5 Å². The smallest absolute Gasteiger partial charge is 0.255 e. The van der Waals surface area contributed by atoms with Gasteiger partial charge in [-0.25, -0.2) is 0 Å². The van der Waals surface area contributed by atoms with Crippen molar-refractivity contribution in [2.45, 2.75) is 6.54 Å². The number of fused-ring (bicyclic) bond motifs is 1. The number of aromatic nitrogens is 1. The van der Waals surface area contributed by atoms with Gasteiger partial charge >= 0.3 is 0 Å². The molecule has 0 spiro atoms. The molecule has 4 aromatic rings. The molecule has 4 rings (SSSR count). The Labute approximate surface area is 186 Å². The number of benzene rings is 3. The minimum absolute atomic E-state index is 0.223. The van der Waals surface area contributed by atoms with Gasteiger partial charge in [0.1, 0.15) is 0 Å². The molecule has 6 heteroatoms. The summed E-state index contributed by atoms with van der Waals surface area (Å²) in [5, 5.41) is 7.91. The van der Waals surface area contributed by atoms with Crippen LogP contribution in [0.5, 0.6) is 0 Å². The van der Waals surface area contributed by atoms with Gasteiger partial charge in [-0.1, -0.05) is 36.4 Å². The summed E-state index contributed by atoms with van der Waals surface area (Å²) in [5.74, 6) is -0.450. The summed E-state index contributed by atoms with van der Waals surface area (Å²) in [6.45, 7) is 0.368. The van der Waals surface area contributed by atoms with E-state index >= 15 is 0 Å². The van der Waals surface area contributed by atoms with E-state index in [0.29, 0.717) is 23.4 Å². The Hall–Kier alpha value is -4.19. The second-order valence-corrected chi connectivity index (χ2v) is 7.69. The second kappa shape index (κ2) is 9.31. The molecule has 0 aliphatic rings. The van der Waals surface area contributed by atoms with Crippen LogP contribution in [0.3, 0.4) is 0 Å². The van der Waals surface area contributed by atoms with Gasteiger partial charge in [0, 0.05) is 50.0 Å². The van der Waals surface area contributed by atoms with Crippen LogP contribution >= 0.6 is 0 Å². The first-order valence-corrected chi connectivity index (χ1v) is 10.3. The quantitative estimate of drug-likeness (QED) is 0.479. The van der Waals surface area contributed by atoms with E-state index in [4.69, 9.17) is 0 Å². The lowest BCUT2D eigenvalue weighted by Crippen LogP contribution is -2.25. The Morgan fingerprint density at radius 1 is 0.875 bits per heavy atom. The predicted molar refractivity (Wildman–Crippen MR) is 128 cm³/mol. The van der Waals surface area contributed by atoms with Crippen molar-refractivity contribution in [3.8, 4) is 0 Å². The molecule has 0 unspecified atom stereocenters. The number of nitrogens with one attached hydrogen (secondary N) is 2. The van der Waals surface area contributed by atoms with Crippen molar-refractivity contribution in [1.82, 2.24) is 10.3 Å². The first-order valence-electron chi connectivity index (χ1n) is 10.3. The number of pyridine rings is 1. The summed E-state index contributed by atoms with van der Waals surface area (Å²) in [4.78, 5) is 31.7. The summed E-state index contributed by atoms with van der Waals surface area (Å²) in [6, 6.07) is 22.5. The number of nitrogens with zero attached hydrogens (tertiary/aromatic N) is 2. The molecular formula is C26H24N4O2. The average Bonchev–Trinajstić information content (AvgIpc) is 2.82. The molecule has 2 amide bonds. The van der Waals surface area contributed by atoms with Crippen molar-refractivity contribution in [3.63, 3.8) is 0 Å². The summed E-state index contributed by atoms with van der Waals surface area (Å²) in [7, 11) is 3.75. The van der Waals surface area contributed by atoms with Crippen LogP contribution in [-0.4, -0.2) is 30.9 Å². The van der Waals surface area contributed by atoms with Gasteiger partial charge < -0.3 is 15.5 Å². The fourth-order valence-corrected chi connectivity index (χ4v) is 3.50. The third kappa shape index (κ3) is 4.75. The molecule has 0 aliphatic heterocycles. The van der Waals surface area contributed by atoms with E-state index in [0.717, 1.165) is 22.0 Å². The monoisotopic (exact) mass is 424 g/mol. The molecule has 0 saturated heterocycles. The Balaban J connectivity index is 1.54. The van der Waals surface area contributed by atoms with Gasteiger partial charge in [-0.05, 0) is 52.7 Å². The minimum Gasteiger partial charge on any atom is -0.377 e. The highest BCUT2D eigenvalue weighted by molar-refractivity contribution is 6.08. The van der Waals surface area contributed by atoms with E-state index in [9.17, 15) is 9.59 Å². The van der Waals surface area contributed by atoms with Crippen molar-refractivity contribution in [3.05, 3.63) is 102 Å². The standard InChI is InChI=1S/C26H24N4O2/c1-30(2)24-12-11-22(15-23(24)26(32)28-17-18-6-5-13-27-16-18)29-25(31)21-10-9-19-7-3-4-8-20(19)14-21/h3-16H,17H2,1-2H3,(H,28,32)(H,29,31). The maximum Gasteiger partial charge on any atom is 0.255 e. The van der Waals surface area contributed by atoms with Gasteiger partial charge in [0.25, 0.3) is 11.8 Å². The molecule has 0 aliphatic carbocycles. The highest BCUT2D eigenvalue weighted by Gasteiger charge is 2.15. The number of hydrogen-bond donors (Lipinski definition) is 2. The number of amides is 2. The molecule has 0 radical (unpaired) electrons. The van der Waals surface area contributed by atoms with Gasteiger partial charge in [-0.3, -0.25) is 14.6 Å². The number of carbonyl (C=O) groups is 2. The van der Waals surface area contributed by atoms with Crippen LogP contribution in [0.25, 0.3) is 10.8 Å². The van der Waals surface area contributed by atoms with Crippen LogP contribution in [0.2, 0.25) is 0 Å². The van der Waals surface area contributed by atoms with Crippen molar-refractivity contribution in [2.75, 3.05) is 24.3 Å². The number of rotatable bonds is 6. The Morgan fingerprint density at radius 2 is 1.69 bits per heavy atom. The lowest BCUT2D eigenvalue weighted by atomic mass is 10.1. The van der Waals surface area contributed by atoms with E-state index < -0.39 is 0 Å². The lowest BCUT2D eigenvalue weighted by molar-refractivity contribution is 0.0950. The predicted octanol–water partition coefficient (Wildman–Crippen LogP) is 4.48. The Bertz CT molecular complexity index is 1270. The molecule has 0 fully saturated rings. The molecule has 1 heterocycles. The fraction of sp³-hybridized carbons (Fsp3) is 0.115. The minimum atomic E-state index is -0.227. The zero-order chi connectivity index (χ0) is 22.5. The lowest BCUT2D eigenvalue weighted by Gasteiger charge is -2.18. The molecule has 1 aromatic heterocycles. The van der Waals surface area contributed by atoms with Crippen LogP contribution in [0.4, 0.5) is 11.4 Å². The van der Waals surface area contributed by atoms with Crippen LogP contribution in [0, 0.1) is 0 Å². The molecule has 0 bridgehead atoms. The van der Waals surface area contributed by atoms with Crippen LogP contribution in [0.15, 0.2) is 85.2 Å². The van der Waals surface area contributed by atoms with Gasteiger partial charge in [0.2, 0.25) is 0 Å². The average molecular weight is 425 g/mol. The maximum atomic E-state index is 12.9. The largest absolute Gasteiger partial charge is 0.377 e. The van der Waals surface area contributed by atoms with E-state index in [-0.39, 0.29) is 11.8 Å². The van der Waals surface area contributed by atoms with Gasteiger partial charge in [0.15, 0.2) is 0 Å². The SMILES string of the molecule is CN(C)c1ccc(NC(=O)c2ccc3ccccc3c2)cc1C(=O)NCc1cccnc1. The molecule has 6 nitrogen and oxygen atoms in total. The molecule has 3 aromatic carbocycles. The number of carbonyl (C=O) groups excluding carboxylic acids is 2. The Morgan fingerprint density at radius 3 is 2.44 bits per heavy atom. The van der Waals surface area contributed by atoms with Gasteiger partial charge in [0.05, 0.1) is 5.56 Å². The van der Waals surface area contributed by atoms with Crippen molar-refractivity contribution in [1.29, 1.82) is 0 Å². The topological polar surface area (TPSA) is 74.3 Å². The maximum absolute atomic E-state index is 12.9.